The van der Waals surface area contributed by atoms with Gasteiger partial charge in [0.15, 0.2) is 5.16 Å². The molecule has 0 fully saturated rings. The highest BCUT2D eigenvalue weighted by molar-refractivity contribution is 7.99. The van der Waals surface area contributed by atoms with Gasteiger partial charge in [0.2, 0.25) is 5.88 Å². The number of alkyl halides is 1. The number of carbonyl (C=O) groups excluding carboxylic acids is 2. The van der Waals surface area contributed by atoms with Gasteiger partial charge in [0.05, 0.1) is 52.6 Å². The third-order valence-corrected chi connectivity index (χ3v) is 6.65. The van der Waals surface area contributed by atoms with Crippen LogP contribution in [0.5, 0.6) is 5.88 Å². The lowest BCUT2D eigenvalue weighted by atomic mass is 9.80. The van der Waals surface area contributed by atoms with Crippen molar-refractivity contribution >= 4 is 46.9 Å². The first-order valence-electron chi connectivity index (χ1n) is 10.1. The number of ether oxygens (including phenoxy) is 2. The number of rotatable bonds is 8. The Morgan fingerprint density at radius 3 is 2.57 bits per heavy atom. The van der Waals surface area contributed by atoms with Crippen LogP contribution in [0.25, 0.3) is 0 Å². The average molecular weight is 544 g/mol. The maximum atomic E-state index is 14.2. The number of dihydropyridines is 1. The van der Waals surface area contributed by atoms with Crippen molar-refractivity contribution in [1.29, 1.82) is 0 Å². The number of benzene rings is 1. The fourth-order valence-electron chi connectivity index (χ4n) is 3.52. The highest BCUT2D eigenvalue weighted by atomic mass is 35.5. The molecule has 3 N–H and O–H groups in total. The van der Waals surface area contributed by atoms with E-state index in [4.69, 9.17) is 32.7 Å². The number of hydrogen-bond acceptors (Lipinski definition) is 9. The molecular weight excluding hydrogens is 524 g/mol. The molecule has 1 aromatic heterocycles. The summed E-state index contributed by atoms with van der Waals surface area (Å²) >= 11 is 13.6. The van der Waals surface area contributed by atoms with Gasteiger partial charge >= 0.3 is 11.9 Å². The smallest absolute Gasteiger partial charge is 0.336 e. The van der Waals surface area contributed by atoms with E-state index in [-0.39, 0.29) is 55.7 Å². The monoisotopic (exact) mass is 543 g/mol. The average Bonchev–Trinajstić information content (AvgIpc) is 2.82. The number of methoxy groups -OCH3 is 1. The van der Waals surface area contributed by atoms with Gasteiger partial charge in [-0.2, -0.15) is 4.98 Å². The molecule has 2 heterocycles. The molecule has 1 aliphatic heterocycles. The van der Waals surface area contributed by atoms with Gasteiger partial charge in [-0.25, -0.2) is 14.0 Å². The second-order valence-electron chi connectivity index (χ2n) is 7.03. The van der Waals surface area contributed by atoms with E-state index < -0.39 is 36.0 Å². The number of aromatic amines is 1. The van der Waals surface area contributed by atoms with Crippen LogP contribution in [-0.4, -0.2) is 53.2 Å². The summed E-state index contributed by atoms with van der Waals surface area (Å²) in [5.74, 6) is -3.38. The fraction of sp³-hybridized carbons (Fsp3) is 0.273. The molecular formula is C22H20Cl2FN3O6S. The van der Waals surface area contributed by atoms with Gasteiger partial charge in [-0.05, 0) is 18.6 Å². The standard InChI is InChI=1S/C22H20Cl2FN3O6S/c1-3-34-21(32)18-13(9-35-22-27-14(29)7-15(30)28-22)26-12(8-25)17(20(31)33-2)16(18)10-5-4-6-11(23)19(10)24/h4-7,16,26H,3,8-9H2,1-2H3,(H2,27,28,29,30). The molecule has 0 saturated heterocycles. The minimum absolute atomic E-state index is 0.0213. The predicted octanol–water partition coefficient (Wildman–Crippen LogP) is 3.48. The number of nitrogens with zero attached hydrogens (tertiary/aromatic N) is 1. The Kier molecular flexibility index (Phi) is 8.82. The van der Waals surface area contributed by atoms with Crippen LogP contribution in [0.4, 0.5) is 4.39 Å². The van der Waals surface area contributed by atoms with Gasteiger partial charge in [-0.1, -0.05) is 47.1 Å². The van der Waals surface area contributed by atoms with Crippen molar-refractivity contribution in [2.75, 3.05) is 26.1 Å². The molecule has 2 aromatic rings. The van der Waals surface area contributed by atoms with Crippen LogP contribution >= 0.6 is 35.0 Å². The molecule has 3 rings (SSSR count). The lowest BCUT2D eigenvalue weighted by Crippen LogP contribution is -2.35. The van der Waals surface area contributed by atoms with Gasteiger partial charge in [-0.15, -0.1) is 0 Å². The third kappa shape index (κ3) is 5.80. The van der Waals surface area contributed by atoms with Gasteiger partial charge in [0, 0.05) is 11.4 Å². The molecule has 186 valence electrons. The molecule has 1 atom stereocenters. The van der Waals surface area contributed by atoms with Crippen LogP contribution in [0, 0.1) is 0 Å². The number of carbonyl (C=O) groups is 2. The van der Waals surface area contributed by atoms with E-state index in [0.717, 1.165) is 24.9 Å². The zero-order valence-electron chi connectivity index (χ0n) is 18.5. The number of esters is 2. The largest absolute Gasteiger partial charge is 0.493 e. The maximum Gasteiger partial charge on any atom is 0.336 e. The van der Waals surface area contributed by atoms with Crippen molar-refractivity contribution < 1.29 is 28.6 Å². The normalized spacial score (nSPS) is 15.6. The zero-order valence-corrected chi connectivity index (χ0v) is 20.8. The van der Waals surface area contributed by atoms with Gasteiger partial charge in [0.1, 0.15) is 6.67 Å². The molecule has 1 unspecified atom stereocenters. The van der Waals surface area contributed by atoms with Crippen LogP contribution < -0.4 is 10.9 Å². The number of thioether (sulfide) groups is 1. The van der Waals surface area contributed by atoms with Gasteiger partial charge < -0.3 is 24.9 Å². The molecule has 13 heteroatoms. The van der Waals surface area contributed by atoms with E-state index in [1.165, 1.54) is 6.07 Å². The number of halogens is 3. The number of aromatic nitrogens is 2. The Morgan fingerprint density at radius 2 is 1.94 bits per heavy atom. The van der Waals surface area contributed by atoms with Crippen molar-refractivity contribution in [2.45, 2.75) is 18.0 Å². The molecule has 9 nitrogen and oxygen atoms in total. The van der Waals surface area contributed by atoms with Crippen LogP contribution in [-0.2, 0) is 19.1 Å². The van der Waals surface area contributed by atoms with Crippen molar-refractivity contribution in [1.82, 2.24) is 15.3 Å². The van der Waals surface area contributed by atoms with Crippen LogP contribution in [0.15, 0.2) is 56.8 Å². The van der Waals surface area contributed by atoms with E-state index in [0.29, 0.717) is 0 Å². The lowest BCUT2D eigenvalue weighted by molar-refractivity contribution is -0.139. The van der Waals surface area contributed by atoms with E-state index in [1.54, 1.807) is 19.1 Å². The van der Waals surface area contributed by atoms with Gasteiger partial charge in [-0.3, -0.25) is 4.79 Å². The predicted molar refractivity (Wildman–Crippen MR) is 128 cm³/mol. The van der Waals surface area contributed by atoms with Crippen molar-refractivity contribution in [3.8, 4) is 5.88 Å². The molecule has 0 spiro atoms. The summed E-state index contributed by atoms with van der Waals surface area (Å²) in [5, 5.41) is 12.7. The molecule has 1 aliphatic rings. The second-order valence-corrected chi connectivity index (χ2v) is 8.78. The summed E-state index contributed by atoms with van der Waals surface area (Å²) in [5.41, 5.74) is -0.471. The topological polar surface area (TPSA) is 131 Å². The maximum absolute atomic E-state index is 14.2. The van der Waals surface area contributed by atoms with Crippen molar-refractivity contribution in [2.24, 2.45) is 0 Å². The van der Waals surface area contributed by atoms with Crippen LogP contribution in [0.1, 0.15) is 18.4 Å². The van der Waals surface area contributed by atoms with Gasteiger partial charge in [0.25, 0.3) is 5.56 Å². The Bertz CT molecular complexity index is 1280. The zero-order chi connectivity index (χ0) is 25.7. The molecule has 0 aliphatic carbocycles. The first kappa shape index (κ1) is 26.6. The first-order chi connectivity index (χ1) is 16.7. The van der Waals surface area contributed by atoms with Crippen molar-refractivity contribution in [3.63, 3.8) is 0 Å². The van der Waals surface area contributed by atoms with Crippen LogP contribution in [0.2, 0.25) is 10.0 Å². The number of aromatic hydroxyl groups is 1. The Hall–Kier alpha value is -3.02. The van der Waals surface area contributed by atoms with E-state index >= 15 is 0 Å². The Labute approximate surface area is 213 Å². The molecule has 1 aromatic carbocycles. The Morgan fingerprint density at radius 1 is 1.23 bits per heavy atom. The molecule has 35 heavy (non-hydrogen) atoms. The van der Waals surface area contributed by atoms with E-state index in [9.17, 15) is 23.9 Å². The van der Waals surface area contributed by atoms with E-state index in [1.807, 2.05) is 0 Å². The molecule has 0 radical (unpaired) electrons. The first-order valence-corrected chi connectivity index (χ1v) is 11.9. The second kappa shape index (κ2) is 11.6. The molecule has 0 amide bonds. The van der Waals surface area contributed by atoms with Crippen molar-refractivity contribution in [3.05, 3.63) is 72.8 Å². The summed E-state index contributed by atoms with van der Waals surface area (Å²) in [6.45, 7) is 0.536. The molecule has 0 saturated carbocycles. The Balaban J connectivity index is 2.22. The third-order valence-electron chi connectivity index (χ3n) is 4.92. The highest BCUT2D eigenvalue weighted by Gasteiger charge is 2.41. The number of hydrogen-bond donors (Lipinski definition) is 3. The summed E-state index contributed by atoms with van der Waals surface area (Å²) in [6, 6.07) is 5.56. The lowest BCUT2D eigenvalue weighted by Gasteiger charge is -2.32. The summed E-state index contributed by atoms with van der Waals surface area (Å²) < 4.78 is 24.3. The van der Waals surface area contributed by atoms with Crippen LogP contribution in [0.3, 0.4) is 0 Å². The fourth-order valence-corrected chi connectivity index (χ4v) is 4.77. The minimum atomic E-state index is -1.17. The number of nitrogens with one attached hydrogen (secondary N) is 2. The molecule has 0 bridgehead atoms. The highest BCUT2D eigenvalue weighted by Crippen LogP contribution is 2.44. The summed E-state index contributed by atoms with van der Waals surface area (Å²) in [7, 11) is 1.13. The summed E-state index contributed by atoms with van der Waals surface area (Å²) in [6.07, 6.45) is 0. The minimum Gasteiger partial charge on any atom is -0.493 e. The SMILES string of the molecule is CCOC(=O)C1=C(CSc2nc(O)cc(=O)[nH]2)NC(CF)=C(C(=O)OC)C1c1cccc(Cl)c1Cl. The van der Waals surface area contributed by atoms with E-state index in [2.05, 4.69) is 15.3 Å². The quantitative estimate of drug-likeness (QED) is 0.260. The summed E-state index contributed by atoms with van der Waals surface area (Å²) in [4.78, 5) is 43.9. The number of allylic oxidation sites excluding steroid dienone is 1. The number of H-pyrrole nitrogens is 1.